The molecule has 0 aromatic heterocycles. The van der Waals surface area contributed by atoms with Crippen LogP contribution in [0.1, 0.15) is 0 Å². The summed E-state index contributed by atoms with van der Waals surface area (Å²) in [6, 6.07) is 0. The van der Waals surface area contributed by atoms with E-state index < -0.39 is 19.3 Å². The molecule has 1 atom stereocenters. The summed E-state index contributed by atoms with van der Waals surface area (Å²) < 4.78 is 25.0. The second kappa shape index (κ2) is 4.57. The smallest absolute Gasteiger partial charge is 0.367 e. The Morgan fingerprint density at radius 3 is 1.83 bits per heavy atom. The Morgan fingerprint density at radius 1 is 1.33 bits per heavy atom. The minimum absolute atomic E-state index is 0.885. The van der Waals surface area contributed by atoms with Crippen LogP contribution in [0.4, 0.5) is 0 Å². The second-order valence-corrected chi connectivity index (χ2v) is 4.17. The molecule has 6 nitrogen and oxygen atoms in total. The first kappa shape index (κ1) is 11.6. The van der Waals surface area contributed by atoms with Crippen molar-refractivity contribution in [3.05, 3.63) is 0 Å². The first-order chi connectivity index (χ1) is 5.51. The monoisotopic (exact) mass is 197 g/mol. The summed E-state index contributed by atoms with van der Waals surface area (Å²) in [6.45, 7) is 0. The molecule has 0 heterocycles. The van der Waals surface area contributed by atoms with Crippen LogP contribution in [-0.2, 0) is 23.1 Å². The van der Waals surface area contributed by atoms with E-state index in [2.05, 4.69) is 13.8 Å². The Morgan fingerprint density at radius 2 is 1.75 bits per heavy atom. The zero-order valence-electron chi connectivity index (χ0n) is 7.14. The van der Waals surface area contributed by atoms with Crippen molar-refractivity contribution < 1.29 is 23.1 Å². The predicted molar refractivity (Wildman–Crippen MR) is 41.6 cm³/mol. The molecule has 0 saturated carbocycles. The lowest BCUT2D eigenvalue weighted by atomic mass is 10.7. The van der Waals surface area contributed by atoms with Crippen molar-refractivity contribution in [3.8, 4) is 0 Å². The van der Waals surface area contributed by atoms with Crippen molar-refractivity contribution in [1.82, 2.24) is 0 Å². The lowest BCUT2D eigenvalue weighted by Crippen LogP contribution is -2.31. The van der Waals surface area contributed by atoms with Gasteiger partial charge in [0, 0.05) is 21.3 Å². The third-order valence-electron chi connectivity index (χ3n) is 1.26. The van der Waals surface area contributed by atoms with Gasteiger partial charge in [0.2, 0.25) is 5.85 Å². The van der Waals surface area contributed by atoms with Crippen LogP contribution in [0.25, 0.3) is 0 Å². The zero-order valence-corrected chi connectivity index (χ0v) is 8.04. The fraction of sp³-hybridized carbons (Fsp3) is 0.800. The van der Waals surface area contributed by atoms with E-state index in [1.54, 1.807) is 0 Å². The van der Waals surface area contributed by atoms with Gasteiger partial charge in [-0.25, -0.2) is 0 Å². The number of hydrogen-bond donors (Lipinski definition) is 1. The fourth-order valence-corrected chi connectivity index (χ4v) is 1.77. The summed E-state index contributed by atoms with van der Waals surface area (Å²) in [4.78, 5) is 10.7. The summed E-state index contributed by atoms with van der Waals surface area (Å²) in [5, 5.41) is 0. The summed E-state index contributed by atoms with van der Waals surface area (Å²) in [5.74, 6) is -2.24. The van der Waals surface area contributed by atoms with Gasteiger partial charge in [-0.2, -0.15) is 0 Å². The maximum Gasteiger partial charge on any atom is 0.368 e. The van der Waals surface area contributed by atoms with E-state index in [-0.39, 0.29) is 0 Å². The zero-order chi connectivity index (χ0) is 9.78. The van der Waals surface area contributed by atoms with Crippen molar-refractivity contribution in [2.45, 2.75) is 5.85 Å². The summed E-state index contributed by atoms with van der Waals surface area (Å²) >= 11 is 0. The number of rotatable bonds is 5. The van der Waals surface area contributed by atoms with Gasteiger partial charge in [-0.3, -0.25) is 9.36 Å². The number of carbonyl (C=O) groups is 1. The van der Waals surface area contributed by atoms with E-state index in [9.17, 15) is 9.36 Å². The van der Waals surface area contributed by atoms with Crippen LogP contribution in [0.15, 0.2) is 0 Å². The van der Waals surface area contributed by atoms with Crippen LogP contribution in [0.2, 0.25) is 0 Å². The third-order valence-corrected chi connectivity index (χ3v) is 3.32. The minimum Gasteiger partial charge on any atom is -0.367 e. The summed E-state index contributed by atoms with van der Waals surface area (Å²) in [7, 11) is -0.0456. The van der Waals surface area contributed by atoms with E-state index in [0.29, 0.717) is 0 Å². The fourth-order valence-electron chi connectivity index (χ4n) is 0.667. The lowest BCUT2D eigenvalue weighted by molar-refractivity contribution is -0.124. The SMILES string of the molecule is COC(C(N)=O)P(=O)(OC)OC. The normalized spacial score (nSPS) is 14.2. The Balaban J connectivity index is 4.68. The Labute approximate surface area is 70.5 Å². The van der Waals surface area contributed by atoms with Crippen LogP contribution < -0.4 is 5.73 Å². The van der Waals surface area contributed by atoms with Crippen LogP contribution in [0, 0.1) is 0 Å². The molecule has 0 saturated heterocycles. The molecule has 0 aliphatic carbocycles. The van der Waals surface area contributed by atoms with Gasteiger partial charge in [0.1, 0.15) is 0 Å². The van der Waals surface area contributed by atoms with E-state index in [1.165, 1.54) is 7.11 Å². The molecule has 0 spiro atoms. The molecular formula is C5H12NO5P. The maximum absolute atomic E-state index is 11.5. The first-order valence-corrected chi connectivity index (χ1v) is 4.66. The average Bonchev–Trinajstić information content (AvgIpc) is 2.04. The first-order valence-electron chi connectivity index (χ1n) is 3.05. The minimum atomic E-state index is -3.54. The highest BCUT2D eigenvalue weighted by Crippen LogP contribution is 2.51. The molecule has 1 unspecified atom stereocenters. The van der Waals surface area contributed by atoms with Gasteiger partial charge in [-0.15, -0.1) is 0 Å². The maximum atomic E-state index is 11.5. The van der Waals surface area contributed by atoms with Crippen molar-refractivity contribution in [1.29, 1.82) is 0 Å². The van der Waals surface area contributed by atoms with Gasteiger partial charge < -0.3 is 19.5 Å². The van der Waals surface area contributed by atoms with Crippen LogP contribution in [-0.4, -0.2) is 33.1 Å². The van der Waals surface area contributed by atoms with E-state index >= 15 is 0 Å². The molecule has 0 rings (SSSR count). The highest BCUT2D eigenvalue weighted by molar-refractivity contribution is 7.55. The van der Waals surface area contributed by atoms with Gasteiger partial charge in [-0.05, 0) is 0 Å². The topological polar surface area (TPSA) is 87.9 Å². The van der Waals surface area contributed by atoms with E-state index in [4.69, 9.17) is 5.73 Å². The van der Waals surface area contributed by atoms with Crippen molar-refractivity contribution in [2.24, 2.45) is 5.73 Å². The number of hydrogen-bond acceptors (Lipinski definition) is 5. The van der Waals surface area contributed by atoms with Gasteiger partial charge >= 0.3 is 7.60 Å². The van der Waals surface area contributed by atoms with Crippen molar-refractivity contribution in [3.63, 3.8) is 0 Å². The highest BCUT2D eigenvalue weighted by Gasteiger charge is 2.38. The standard InChI is InChI=1S/C5H12NO5P/c1-9-5(4(6)7)12(8,10-2)11-3/h5H,1-3H3,(H2,6,7). The van der Waals surface area contributed by atoms with Crippen LogP contribution in [0.3, 0.4) is 0 Å². The Hall–Kier alpha value is -0.420. The molecule has 0 aliphatic heterocycles. The summed E-state index contributed by atoms with van der Waals surface area (Å²) in [5.41, 5.74) is 4.89. The number of nitrogens with two attached hydrogens (primary N) is 1. The molecule has 7 heteroatoms. The molecule has 2 N–H and O–H groups in total. The molecule has 0 bridgehead atoms. The number of methoxy groups -OCH3 is 1. The molecule has 0 aromatic rings. The number of amides is 1. The Kier molecular flexibility index (Phi) is 4.41. The van der Waals surface area contributed by atoms with Crippen molar-refractivity contribution in [2.75, 3.05) is 21.3 Å². The van der Waals surface area contributed by atoms with Crippen LogP contribution in [0.5, 0.6) is 0 Å². The molecular weight excluding hydrogens is 185 g/mol. The number of carbonyl (C=O) groups excluding carboxylic acids is 1. The molecule has 0 aromatic carbocycles. The van der Waals surface area contributed by atoms with Gasteiger partial charge in [0.15, 0.2) is 0 Å². The quantitative estimate of drug-likeness (QED) is 0.623. The molecule has 72 valence electrons. The van der Waals surface area contributed by atoms with Gasteiger partial charge in [0.05, 0.1) is 0 Å². The van der Waals surface area contributed by atoms with Gasteiger partial charge in [-0.1, -0.05) is 0 Å². The highest BCUT2D eigenvalue weighted by atomic mass is 31.2. The largest absolute Gasteiger partial charge is 0.368 e. The predicted octanol–water partition coefficient (Wildman–Crippen LogP) is -0.0699. The van der Waals surface area contributed by atoms with Crippen LogP contribution >= 0.6 is 7.60 Å². The third kappa shape index (κ3) is 2.28. The van der Waals surface area contributed by atoms with Crippen molar-refractivity contribution >= 4 is 13.5 Å². The molecule has 0 aliphatic rings. The average molecular weight is 197 g/mol. The molecule has 0 radical (unpaired) electrons. The lowest BCUT2D eigenvalue weighted by Gasteiger charge is -2.19. The summed E-state index contributed by atoms with van der Waals surface area (Å²) in [6.07, 6.45) is 0. The molecule has 0 fully saturated rings. The number of primary amides is 1. The molecule has 1 amide bonds. The van der Waals surface area contributed by atoms with E-state index in [0.717, 1.165) is 14.2 Å². The second-order valence-electron chi connectivity index (χ2n) is 1.90. The molecule has 12 heavy (non-hydrogen) atoms. The van der Waals surface area contributed by atoms with E-state index in [1.807, 2.05) is 0 Å². The number of ether oxygens (including phenoxy) is 1. The van der Waals surface area contributed by atoms with Gasteiger partial charge in [0.25, 0.3) is 5.91 Å². The Bertz CT molecular complexity index is 198.